The number of nitrogens with zero attached hydrogens (tertiary/aromatic N) is 2. The third-order valence-corrected chi connectivity index (χ3v) is 5.47. The number of rotatable bonds is 3. The highest BCUT2D eigenvalue weighted by Crippen LogP contribution is 2.37. The van der Waals surface area contributed by atoms with Crippen LogP contribution in [0.2, 0.25) is 0 Å². The first-order valence-electron chi connectivity index (χ1n) is 7.71. The molecule has 0 spiro atoms. The van der Waals surface area contributed by atoms with Gasteiger partial charge in [-0.25, -0.2) is 4.39 Å². The van der Waals surface area contributed by atoms with E-state index in [1.807, 2.05) is 24.3 Å². The molecule has 6 heteroatoms. The minimum atomic E-state index is -0.909. The lowest BCUT2D eigenvalue weighted by Crippen LogP contribution is -2.17. The Hall–Kier alpha value is -1.53. The molecule has 2 aliphatic rings. The molecule has 1 aromatic carbocycles. The molecule has 1 N–H and O–H groups in total. The van der Waals surface area contributed by atoms with Gasteiger partial charge in [-0.05, 0) is 24.0 Å². The predicted molar refractivity (Wildman–Crippen MR) is 84.1 cm³/mol. The van der Waals surface area contributed by atoms with Gasteiger partial charge in [-0.1, -0.05) is 35.6 Å². The van der Waals surface area contributed by atoms with Gasteiger partial charge in [-0.2, -0.15) is 0 Å². The lowest BCUT2D eigenvalue weighted by molar-refractivity contribution is 0.0851. The van der Waals surface area contributed by atoms with E-state index < -0.39 is 6.17 Å². The number of hydrogen-bond donors (Lipinski definition) is 1. The Balaban J connectivity index is 1.51. The summed E-state index contributed by atoms with van der Waals surface area (Å²) in [5.74, 6) is 0.429. The van der Waals surface area contributed by atoms with Crippen LogP contribution in [0.25, 0.3) is 0 Å². The monoisotopic (exact) mass is 319 g/mol. The molecular formula is C16H18FN3OS. The van der Waals surface area contributed by atoms with E-state index in [2.05, 4.69) is 15.5 Å². The van der Waals surface area contributed by atoms with Crippen LogP contribution in [0.5, 0.6) is 0 Å². The van der Waals surface area contributed by atoms with Gasteiger partial charge in [0.2, 0.25) is 5.13 Å². The van der Waals surface area contributed by atoms with Gasteiger partial charge < -0.3 is 10.1 Å². The summed E-state index contributed by atoms with van der Waals surface area (Å²) in [5, 5.41) is 13.5. The van der Waals surface area contributed by atoms with Crippen LogP contribution >= 0.6 is 11.3 Å². The van der Waals surface area contributed by atoms with Gasteiger partial charge in [-0.3, -0.25) is 0 Å². The topological polar surface area (TPSA) is 47.0 Å². The first-order valence-corrected chi connectivity index (χ1v) is 8.52. The maximum Gasteiger partial charge on any atom is 0.206 e. The average Bonchev–Trinajstić information content (AvgIpc) is 3.14. The van der Waals surface area contributed by atoms with E-state index in [9.17, 15) is 4.39 Å². The van der Waals surface area contributed by atoms with Crippen molar-refractivity contribution in [3.05, 3.63) is 40.4 Å². The fourth-order valence-electron chi connectivity index (χ4n) is 3.25. The second-order valence-electron chi connectivity index (χ2n) is 5.87. The SMILES string of the molecule is F[C@@H]1Cc2ccccc2[C@@H]1Nc1nnc(C2CCOCC2)s1. The summed E-state index contributed by atoms with van der Waals surface area (Å²) in [4.78, 5) is 0. The Morgan fingerprint density at radius 2 is 2.00 bits per heavy atom. The molecule has 0 saturated carbocycles. The second kappa shape index (κ2) is 5.93. The molecule has 0 radical (unpaired) electrons. The molecule has 116 valence electrons. The highest BCUT2D eigenvalue weighted by atomic mass is 32.1. The summed E-state index contributed by atoms with van der Waals surface area (Å²) < 4.78 is 19.7. The van der Waals surface area contributed by atoms with Crippen molar-refractivity contribution >= 4 is 16.5 Å². The number of hydrogen-bond acceptors (Lipinski definition) is 5. The van der Waals surface area contributed by atoms with E-state index in [0.717, 1.165) is 42.2 Å². The summed E-state index contributed by atoms with van der Waals surface area (Å²) in [7, 11) is 0. The van der Waals surface area contributed by atoms with Crippen molar-refractivity contribution in [2.45, 2.75) is 37.4 Å². The quantitative estimate of drug-likeness (QED) is 0.941. The lowest BCUT2D eigenvalue weighted by atomic mass is 10.0. The van der Waals surface area contributed by atoms with E-state index in [4.69, 9.17) is 4.74 Å². The predicted octanol–water partition coefficient (Wildman–Crippen LogP) is 3.48. The number of halogens is 1. The molecule has 4 nitrogen and oxygen atoms in total. The summed E-state index contributed by atoms with van der Waals surface area (Å²) >= 11 is 1.55. The first kappa shape index (κ1) is 14.1. The highest BCUT2D eigenvalue weighted by molar-refractivity contribution is 7.15. The number of alkyl halides is 1. The van der Waals surface area contributed by atoms with Crippen molar-refractivity contribution in [3.8, 4) is 0 Å². The summed E-state index contributed by atoms with van der Waals surface area (Å²) in [6.07, 6.45) is 1.55. The Morgan fingerprint density at radius 3 is 2.86 bits per heavy atom. The van der Waals surface area contributed by atoms with E-state index in [1.54, 1.807) is 11.3 Å². The third-order valence-electron chi connectivity index (χ3n) is 4.46. The first-order chi connectivity index (χ1) is 10.8. The van der Waals surface area contributed by atoms with Crippen molar-refractivity contribution < 1.29 is 9.13 Å². The van der Waals surface area contributed by atoms with E-state index in [1.165, 1.54) is 0 Å². The van der Waals surface area contributed by atoms with Gasteiger partial charge in [0.15, 0.2) is 0 Å². The molecule has 2 aromatic rings. The van der Waals surface area contributed by atoms with Gasteiger partial charge in [-0.15, -0.1) is 10.2 Å². The summed E-state index contributed by atoms with van der Waals surface area (Å²) in [5.41, 5.74) is 2.12. The Labute approximate surface area is 132 Å². The van der Waals surface area contributed by atoms with Crippen molar-refractivity contribution in [1.82, 2.24) is 10.2 Å². The van der Waals surface area contributed by atoms with Gasteiger partial charge in [0.1, 0.15) is 11.2 Å². The van der Waals surface area contributed by atoms with Crippen LogP contribution in [0.4, 0.5) is 9.52 Å². The van der Waals surface area contributed by atoms with Crippen LogP contribution < -0.4 is 5.32 Å². The molecule has 1 saturated heterocycles. The fourth-order valence-corrected chi connectivity index (χ4v) is 4.20. The molecule has 4 rings (SSSR count). The number of benzene rings is 1. The van der Waals surface area contributed by atoms with E-state index in [-0.39, 0.29) is 6.04 Å². The molecule has 1 fully saturated rings. The third kappa shape index (κ3) is 2.61. The molecule has 1 aliphatic heterocycles. The van der Waals surface area contributed by atoms with Crippen LogP contribution in [-0.2, 0) is 11.2 Å². The molecule has 0 amide bonds. The fraction of sp³-hybridized carbons (Fsp3) is 0.500. The van der Waals surface area contributed by atoms with Crippen LogP contribution in [0.3, 0.4) is 0 Å². The minimum Gasteiger partial charge on any atom is -0.381 e. The maximum atomic E-state index is 14.3. The number of nitrogens with one attached hydrogen (secondary N) is 1. The second-order valence-corrected chi connectivity index (χ2v) is 6.88. The number of ether oxygens (including phenoxy) is 1. The molecule has 2 heterocycles. The van der Waals surface area contributed by atoms with Crippen molar-refractivity contribution in [3.63, 3.8) is 0 Å². The highest BCUT2D eigenvalue weighted by Gasteiger charge is 2.33. The molecule has 1 aromatic heterocycles. The Bertz CT molecular complexity index is 656. The molecule has 0 unspecified atom stereocenters. The zero-order chi connectivity index (χ0) is 14.9. The van der Waals surface area contributed by atoms with Crippen LogP contribution in [0, 0.1) is 0 Å². The maximum absolute atomic E-state index is 14.3. The zero-order valence-corrected chi connectivity index (χ0v) is 13.0. The molecule has 2 atom stereocenters. The van der Waals surface area contributed by atoms with Crippen LogP contribution in [0.15, 0.2) is 24.3 Å². The molecule has 1 aliphatic carbocycles. The largest absolute Gasteiger partial charge is 0.381 e. The van der Waals surface area contributed by atoms with Gasteiger partial charge in [0, 0.05) is 25.6 Å². The Kier molecular flexibility index (Phi) is 3.80. The standard InChI is InChI=1S/C16H18FN3OS/c17-13-9-11-3-1-2-4-12(11)14(13)18-16-20-19-15(22-16)10-5-7-21-8-6-10/h1-4,10,13-14H,5-9H2,(H,18,20)/t13-,14+/m1/s1. The Morgan fingerprint density at radius 1 is 1.18 bits per heavy atom. The summed E-state index contributed by atoms with van der Waals surface area (Å²) in [6.45, 7) is 1.57. The average molecular weight is 319 g/mol. The van der Waals surface area contributed by atoms with Gasteiger partial charge in [0.25, 0.3) is 0 Å². The zero-order valence-electron chi connectivity index (χ0n) is 12.2. The van der Waals surface area contributed by atoms with E-state index in [0.29, 0.717) is 17.5 Å². The smallest absolute Gasteiger partial charge is 0.206 e. The number of anilines is 1. The summed E-state index contributed by atoms with van der Waals surface area (Å²) in [6, 6.07) is 7.59. The normalized spacial score (nSPS) is 25.1. The minimum absolute atomic E-state index is 0.313. The van der Waals surface area contributed by atoms with Gasteiger partial charge in [0.05, 0.1) is 6.04 Å². The number of aromatic nitrogens is 2. The van der Waals surface area contributed by atoms with Crippen LogP contribution in [-0.4, -0.2) is 29.6 Å². The van der Waals surface area contributed by atoms with Crippen molar-refractivity contribution in [2.75, 3.05) is 18.5 Å². The van der Waals surface area contributed by atoms with Crippen molar-refractivity contribution in [2.24, 2.45) is 0 Å². The molecular weight excluding hydrogens is 301 g/mol. The van der Waals surface area contributed by atoms with Gasteiger partial charge >= 0.3 is 0 Å². The lowest BCUT2D eigenvalue weighted by Gasteiger charge is -2.19. The van der Waals surface area contributed by atoms with Crippen molar-refractivity contribution in [1.29, 1.82) is 0 Å². The number of fused-ring (bicyclic) bond motifs is 1. The van der Waals surface area contributed by atoms with E-state index >= 15 is 0 Å². The van der Waals surface area contributed by atoms with Crippen LogP contribution in [0.1, 0.15) is 40.9 Å². The molecule has 0 bridgehead atoms. The molecule has 22 heavy (non-hydrogen) atoms.